The van der Waals surface area contributed by atoms with Crippen LogP contribution in [-0.2, 0) is 0 Å². The molecule has 0 radical (unpaired) electrons. The third-order valence-corrected chi connectivity index (χ3v) is 5.32. The Balaban J connectivity index is 1.63. The Morgan fingerprint density at radius 1 is 1.37 bits per heavy atom. The summed E-state index contributed by atoms with van der Waals surface area (Å²) >= 11 is 6.32. The maximum atomic E-state index is 12.5. The molecule has 1 unspecified atom stereocenters. The van der Waals surface area contributed by atoms with Gasteiger partial charge in [-0.2, -0.15) is 5.10 Å². The molecular formula is C20H22ClN7O2. The van der Waals surface area contributed by atoms with E-state index in [1.54, 1.807) is 25.6 Å². The largest absolute Gasteiger partial charge is 0.497 e. The lowest BCUT2D eigenvalue weighted by molar-refractivity contribution is 0.102. The molecule has 1 fully saturated rings. The van der Waals surface area contributed by atoms with Crippen LogP contribution in [0.4, 0.5) is 11.5 Å². The zero-order valence-corrected chi connectivity index (χ0v) is 17.1. The highest BCUT2D eigenvalue weighted by molar-refractivity contribution is 6.30. The van der Waals surface area contributed by atoms with E-state index in [2.05, 4.69) is 25.7 Å². The van der Waals surface area contributed by atoms with Crippen molar-refractivity contribution in [3.05, 3.63) is 59.3 Å². The summed E-state index contributed by atoms with van der Waals surface area (Å²) in [7, 11) is 1.61. The molecule has 1 aromatic carbocycles. The lowest BCUT2D eigenvalue weighted by Crippen LogP contribution is -2.23. The van der Waals surface area contributed by atoms with Crippen molar-refractivity contribution in [1.29, 1.82) is 0 Å². The van der Waals surface area contributed by atoms with E-state index in [0.717, 1.165) is 25.1 Å². The number of anilines is 2. The average Bonchev–Trinajstić information content (AvgIpc) is 3.41. The number of nitrogens with zero attached hydrogens (tertiary/aromatic N) is 4. The number of hydrogen-bond donors (Lipinski definition) is 3. The number of rotatable bonds is 6. The monoisotopic (exact) mass is 427 g/mol. The van der Waals surface area contributed by atoms with E-state index >= 15 is 0 Å². The number of hydrogen-bond acceptors (Lipinski definition) is 7. The highest BCUT2D eigenvalue weighted by Gasteiger charge is 2.29. The Kier molecular flexibility index (Phi) is 5.82. The van der Waals surface area contributed by atoms with Crippen molar-refractivity contribution in [3.63, 3.8) is 0 Å². The minimum Gasteiger partial charge on any atom is -0.497 e. The maximum absolute atomic E-state index is 12.5. The number of carbonyl (C=O) groups excluding carboxylic acids is 1. The van der Waals surface area contributed by atoms with Gasteiger partial charge in [0, 0.05) is 30.2 Å². The zero-order valence-electron chi connectivity index (χ0n) is 16.4. The first-order valence-corrected chi connectivity index (χ1v) is 9.90. The molecule has 4 N–H and O–H groups in total. The predicted molar refractivity (Wildman–Crippen MR) is 114 cm³/mol. The van der Waals surface area contributed by atoms with Gasteiger partial charge in [-0.3, -0.25) is 9.48 Å². The van der Waals surface area contributed by atoms with E-state index in [-0.39, 0.29) is 17.6 Å². The van der Waals surface area contributed by atoms with Gasteiger partial charge in [-0.05, 0) is 42.6 Å². The molecule has 2 atom stereocenters. The van der Waals surface area contributed by atoms with Crippen molar-refractivity contribution in [1.82, 2.24) is 25.1 Å². The molecule has 4 rings (SSSR count). The van der Waals surface area contributed by atoms with Crippen molar-refractivity contribution < 1.29 is 9.53 Å². The molecule has 0 bridgehead atoms. The fraction of sp³-hybridized carbons (Fsp3) is 0.300. The van der Waals surface area contributed by atoms with E-state index in [1.165, 1.54) is 12.4 Å². The molecule has 30 heavy (non-hydrogen) atoms. The van der Waals surface area contributed by atoms with Crippen molar-refractivity contribution in [2.24, 2.45) is 5.92 Å². The van der Waals surface area contributed by atoms with Crippen LogP contribution in [0.15, 0.2) is 43.0 Å². The highest BCUT2D eigenvalue weighted by Crippen LogP contribution is 2.34. The number of carbonyl (C=O) groups is 1. The van der Waals surface area contributed by atoms with Crippen LogP contribution < -0.4 is 21.1 Å². The number of aromatic nitrogens is 4. The number of methoxy groups -OCH3 is 1. The lowest BCUT2D eigenvalue weighted by atomic mass is 9.92. The minimum atomic E-state index is -0.441. The average molecular weight is 428 g/mol. The standard InChI is InChI=1S/C20H22ClN7O2/c1-30-16-7-13(6-14(21)8-16)18(12-2-3-23-9-12)28-11-15(10-26-28)27-20(29)17-19(22)25-5-4-24-17/h4-8,10-12,18,23H,2-3,9H2,1H3,(H2,22,25)(H,27,29)/t12-,18?/m0/s1. The number of nitrogens with one attached hydrogen (secondary N) is 2. The quantitative estimate of drug-likeness (QED) is 0.552. The van der Waals surface area contributed by atoms with Gasteiger partial charge in [0.05, 0.1) is 25.0 Å². The summed E-state index contributed by atoms with van der Waals surface area (Å²) in [6.45, 7) is 1.80. The Morgan fingerprint density at radius 2 is 2.20 bits per heavy atom. The van der Waals surface area contributed by atoms with E-state index in [9.17, 15) is 4.79 Å². The number of halogens is 1. The summed E-state index contributed by atoms with van der Waals surface area (Å²) < 4.78 is 7.24. The molecule has 2 aromatic heterocycles. The molecule has 0 aliphatic carbocycles. The Labute approximate surface area is 178 Å². The van der Waals surface area contributed by atoms with Gasteiger partial charge in [-0.15, -0.1) is 0 Å². The number of nitrogens with two attached hydrogens (primary N) is 1. The molecule has 3 heterocycles. The van der Waals surface area contributed by atoms with Crippen LogP contribution in [0.2, 0.25) is 5.02 Å². The third-order valence-electron chi connectivity index (χ3n) is 5.10. The molecule has 10 heteroatoms. The van der Waals surface area contributed by atoms with E-state index in [4.69, 9.17) is 22.1 Å². The normalized spacial score (nSPS) is 16.9. The molecule has 156 valence electrons. The summed E-state index contributed by atoms with van der Waals surface area (Å²) in [6.07, 6.45) is 7.24. The van der Waals surface area contributed by atoms with E-state index in [0.29, 0.717) is 22.4 Å². The molecule has 1 aliphatic heterocycles. The molecule has 3 aromatic rings. The summed E-state index contributed by atoms with van der Waals surface area (Å²) in [6, 6.07) is 5.59. The van der Waals surface area contributed by atoms with Gasteiger partial charge in [0.2, 0.25) is 0 Å². The van der Waals surface area contributed by atoms with E-state index < -0.39 is 5.91 Å². The Morgan fingerprint density at radius 3 is 2.93 bits per heavy atom. The van der Waals surface area contributed by atoms with Crippen molar-refractivity contribution in [3.8, 4) is 5.75 Å². The summed E-state index contributed by atoms with van der Waals surface area (Å²) in [4.78, 5) is 20.4. The van der Waals surface area contributed by atoms with Crippen molar-refractivity contribution >= 4 is 29.0 Å². The van der Waals surface area contributed by atoms with Gasteiger partial charge in [0.25, 0.3) is 5.91 Å². The number of benzene rings is 1. The SMILES string of the molecule is COc1cc(Cl)cc(C([C@H]2CCNC2)n2cc(NC(=O)c3nccnc3N)cn2)c1. The van der Waals surface area contributed by atoms with Crippen LogP contribution in [-0.4, -0.2) is 45.9 Å². The molecule has 0 saturated carbocycles. The summed E-state index contributed by atoms with van der Waals surface area (Å²) in [5.74, 6) is 0.631. The summed E-state index contributed by atoms with van der Waals surface area (Å²) in [5.41, 5.74) is 7.34. The van der Waals surface area contributed by atoms with Gasteiger partial charge < -0.3 is 21.1 Å². The fourth-order valence-electron chi connectivity index (χ4n) is 3.73. The van der Waals surface area contributed by atoms with E-state index in [1.807, 2.05) is 16.8 Å². The van der Waals surface area contributed by atoms with Crippen LogP contribution in [0.25, 0.3) is 0 Å². The first kappa shape index (κ1) is 20.1. The number of ether oxygens (including phenoxy) is 1. The maximum Gasteiger partial charge on any atom is 0.278 e. The Bertz CT molecular complexity index is 1050. The molecular weight excluding hydrogens is 406 g/mol. The topological polar surface area (TPSA) is 120 Å². The van der Waals surface area contributed by atoms with Crippen LogP contribution in [0.5, 0.6) is 5.75 Å². The first-order chi connectivity index (χ1) is 14.5. The second-order valence-electron chi connectivity index (χ2n) is 7.08. The smallest absolute Gasteiger partial charge is 0.278 e. The highest BCUT2D eigenvalue weighted by atomic mass is 35.5. The van der Waals surface area contributed by atoms with Crippen molar-refractivity contribution in [2.75, 3.05) is 31.2 Å². The minimum absolute atomic E-state index is 0.0696. The molecule has 1 saturated heterocycles. The number of nitrogen functional groups attached to an aromatic ring is 1. The lowest BCUT2D eigenvalue weighted by Gasteiger charge is -2.24. The van der Waals surface area contributed by atoms with Gasteiger partial charge in [-0.1, -0.05) is 11.6 Å². The van der Waals surface area contributed by atoms with Gasteiger partial charge in [-0.25, -0.2) is 9.97 Å². The second-order valence-corrected chi connectivity index (χ2v) is 7.51. The predicted octanol–water partition coefficient (Wildman–Crippen LogP) is 2.37. The molecule has 9 nitrogen and oxygen atoms in total. The zero-order chi connectivity index (χ0) is 21.1. The third kappa shape index (κ3) is 4.22. The Hall–Kier alpha value is -3.17. The molecule has 1 aliphatic rings. The van der Waals surface area contributed by atoms with Crippen LogP contribution >= 0.6 is 11.6 Å². The van der Waals surface area contributed by atoms with Crippen LogP contribution in [0, 0.1) is 5.92 Å². The molecule has 0 spiro atoms. The fourth-order valence-corrected chi connectivity index (χ4v) is 3.96. The van der Waals surface area contributed by atoms with Crippen LogP contribution in [0.3, 0.4) is 0 Å². The van der Waals surface area contributed by atoms with Gasteiger partial charge in [0.1, 0.15) is 5.75 Å². The second kappa shape index (κ2) is 8.68. The molecule has 1 amide bonds. The van der Waals surface area contributed by atoms with Gasteiger partial charge in [0.15, 0.2) is 11.5 Å². The summed E-state index contributed by atoms with van der Waals surface area (Å²) in [5, 5.41) is 11.3. The first-order valence-electron chi connectivity index (χ1n) is 9.52. The van der Waals surface area contributed by atoms with Crippen LogP contribution in [0.1, 0.15) is 28.5 Å². The number of amides is 1. The van der Waals surface area contributed by atoms with Crippen molar-refractivity contribution in [2.45, 2.75) is 12.5 Å². The van der Waals surface area contributed by atoms with Gasteiger partial charge >= 0.3 is 0 Å².